The predicted molar refractivity (Wildman–Crippen MR) is 58.5 cm³/mol. The topological polar surface area (TPSA) is 63.3 Å². The van der Waals surface area contributed by atoms with Crippen molar-refractivity contribution in [1.29, 1.82) is 0 Å². The monoisotopic (exact) mass is 277 g/mol. The number of halogens is 2. The average molecular weight is 279 g/mol. The molecule has 0 heterocycles. The van der Waals surface area contributed by atoms with Crippen LogP contribution in [0.4, 0.5) is 0 Å². The van der Waals surface area contributed by atoms with Crippen molar-refractivity contribution in [3.63, 3.8) is 0 Å². The first-order chi connectivity index (χ1) is 6.49. The Bertz CT molecular complexity index is 336. The van der Waals surface area contributed by atoms with Crippen LogP contribution in [0.3, 0.4) is 0 Å². The largest absolute Gasteiger partial charge is 0.480 e. The first-order valence-electron chi connectivity index (χ1n) is 3.92. The van der Waals surface area contributed by atoms with E-state index in [1.807, 2.05) is 0 Å². The fraction of sp³-hybridized carbons (Fsp3) is 0.222. The molecular formula is C9H9BrClNO2. The number of carbonyl (C=O) groups is 1. The number of benzene rings is 1. The second-order valence-electron chi connectivity index (χ2n) is 2.93. The van der Waals surface area contributed by atoms with Crippen LogP contribution in [0.5, 0.6) is 0 Å². The van der Waals surface area contributed by atoms with Crippen LogP contribution in [0.25, 0.3) is 0 Å². The van der Waals surface area contributed by atoms with Gasteiger partial charge < -0.3 is 10.8 Å². The summed E-state index contributed by atoms with van der Waals surface area (Å²) in [6, 6.07) is 4.35. The quantitative estimate of drug-likeness (QED) is 0.889. The van der Waals surface area contributed by atoms with Gasteiger partial charge in [0.05, 0.1) is 0 Å². The van der Waals surface area contributed by atoms with Crippen LogP contribution in [-0.4, -0.2) is 17.1 Å². The van der Waals surface area contributed by atoms with Gasteiger partial charge in [-0.2, -0.15) is 0 Å². The fourth-order valence-corrected chi connectivity index (χ4v) is 2.00. The highest BCUT2D eigenvalue weighted by Gasteiger charge is 2.12. The fourth-order valence-electron chi connectivity index (χ4n) is 1.07. The van der Waals surface area contributed by atoms with Gasteiger partial charge in [-0.25, -0.2) is 0 Å². The summed E-state index contributed by atoms with van der Waals surface area (Å²) in [5.41, 5.74) is 6.20. The Morgan fingerprint density at radius 3 is 2.71 bits per heavy atom. The number of carboxylic acids is 1. The second kappa shape index (κ2) is 4.77. The first kappa shape index (κ1) is 11.5. The lowest BCUT2D eigenvalue weighted by atomic mass is 10.1. The molecule has 0 saturated heterocycles. The van der Waals surface area contributed by atoms with Crippen molar-refractivity contribution < 1.29 is 9.90 Å². The molecule has 0 aliphatic rings. The van der Waals surface area contributed by atoms with Crippen molar-refractivity contribution in [3.05, 3.63) is 33.3 Å². The highest BCUT2D eigenvalue weighted by Crippen LogP contribution is 2.20. The lowest BCUT2D eigenvalue weighted by Gasteiger charge is -2.07. The number of rotatable bonds is 3. The number of aliphatic carboxylic acids is 1. The van der Waals surface area contributed by atoms with E-state index in [2.05, 4.69) is 15.9 Å². The maximum atomic E-state index is 10.5. The Kier molecular flexibility index (Phi) is 3.92. The molecule has 3 N–H and O–H groups in total. The molecule has 0 unspecified atom stereocenters. The molecule has 76 valence electrons. The van der Waals surface area contributed by atoms with E-state index in [0.29, 0.717) is 5.02 Å². The van der Waals surface area contributed by atoms with Crippen molar-refractivity contribution in [2.45, 2.75) is 12.5 Å². The Balaban J connectivity index is 2.81. The Labute approximate surface area is 95.0 Å². The molecule has 0 fully saturated rings. The lowest BCUT2D eigenvalue weighted by Crippen LogP contribution is -2.32. The number of carboxylic acid groups (broad SMARTS) is 1. The molecule has 0 saturated carbocycles. The number of nitrogens with two attached hydrogens (primary N) is 1. The van der Waals surface area contributed by atoms with Gasteiger partial charge in [0.1, 0.15) is 6.04 Å². The molecule has 1 rings (SSSR count). The summed E-state index contributed by atoms with van der Waals surface area (Å²) in [5.74, 6) is -1.01. The van der Waals surface area contributed by atoms with Gasteiger partial charge in [0.15, 0.2) is 0 Å². The zero-order chi connectivity index (χ0) is 10.7. The van der Waals surface area contributed by atoms with Gasteiger partial charge in [0.2, 0.25) is 0 Å². The van der Waals surface area contributed by atoms with Gasteiger partial charge in [-0.15, -0.1) is 0 Å². The summed E-state index contributed by atoms with van der Waals surface area (Å²) < 4.78 is 0.817. The Morgan fingerprint density at radius 2 is 2.21 bits per heavy atom. The summed E-state index contributed by atoms with van der Waals surface area (Å²) in [6.07, 6.45) is 0.272. The average Bonchev–Trinajstić information content (AvgIpc) is 2.01. The van der Waals surface area contributed by atoms with Crippen LogP contribution >= 0.6 is 27.5 Å². The van der Waals surface area contributed by atoms with Crippen molar-refractivity contribution in [2.75, 3.05) is 0 Å². The van der Waals surface area contributed by atoms with Crippen molar-refractivity contribution in [2.24, 2.45) is 5.73 Å². The summed E-state index contributed by atoms with van der Waals surface area (Å²) >= 11 is 9.06. The zero-order valence-electron chi connectivity index (χ0n) is 7.21. The third kappa shape index (κ3) is 3.29. The Morgan fingerprint density at radius 1 is 1.57 bits per heavy atom. The first-order valence-corrected chi connectivity index (χ1v) is 5.09. The van der Waals surface area contributed by atoms with E-state index in [9.17, 15) is 4.79 Å². The van der Waals surface area contributed by atoms with Gasteiger partial charge in [-0.3, -0.25) is 4.79 Å². The van der Waals surface area contributed by atoms with Crippen molar-refractivity contribution in [1.82, 2.24) is 0 Å². The van der Waals surface area contributed by atoms with Gasteiger partial charge in [0.25, 0.3) is 0 Å². The van der Waals surface area contributed by atoms with Crippen LogP contribution in [0, 0.1) is 0 Å². The molecule has 0 amide bonds. The van der Waals surface area contributed by atoms with E-state index >= 15 is 0 Å². The van der Waals surface area contributed by atoms with E-state index in [-0.39, 0.29) is 6.42 Å². The molecule has 0 radical (unpaired) electrons. The minimum atomic E-state index is -1.01. The van der Waals surface area contributed by atoms with Crippen LogP contribution in [0.15, 0.2) is 22.7 Å². The minimum Gasteiger partial charge on any atom is -0.480 e. The van der Waals surface area contributed by atoms with E-state index < -0.39 is 12.0 Å². The maximum absolute atomic E-state index is 10.5. The summed E-state index contributed by atoms with van der Waals surface area (Å²) in [4.78, 5) is 10.5. The van der Waals surface area contributed by atoms with E-state index in [1.54, 1.807) is 18.2 Å². The maximum Gasteiger partial charge on any atom is 0.320 e. The van der Waals surface area contributed by atoms with Gasteiger partial charge in [0, 0.05) is 9.50 Å². The molecule has 3 nitrogen and oxygen atoms in total. The Hall–Kier alpha value is -0.580. The third-order valence-electron chi connectivity index (χ3n) is 1.70. The predicted octanol–water partition coefficient (Wildman–Crippen LogP) is 2.06. The van der Waals surface area contributed by atoms with Gasteiger partial charge >= 0.3 is 5.97 Å². The molecule has 14 heavy (non-hydrogen) atoms. The SMILES string of the molecule is N[C@@H](Cc1cc(Cl)cc(Br)c1)C(=O)O. The number of hydrogen-bond acceptors (Lipinski definition) is 2. The summed E-state index contributed by atoms with van der Waals surface area (Å²) in [5, 5.41) is 9.17. The molecule has 0 aliphatic heterocycles. The second-order valence-corrected chi connectivity index (χ2v) is 4.28. The normalized spacial score (nSPS) is 12.5. The molecule has 1 aromatic rings. The molecule has 1 atom stereocenters. The highest BCUT2D eigenvalue weighted by atomic mass is 79.9. The van der Waals surface area contributed by atoms with E-state index in [0.717, 1.165) is 10.0 Å². The minimum absolute atomic E-state index is 0.272. The molecule has 1 aromatic carbocycles. The molecule has 0 aliphatic carbocycles. The molecular weight excluding hydrogens is 269 g/mol. The van der Waals surface area contributed by atoms with Crippen LogP contribution in [0.1, 0.15) is 5.56 Å². The van der Waals surface area contributed by atoms with Gasteiger partial charge in [-0.05, 0) is 30.2 Å². The summed E-state index contributed by atoms with van der Waals surface area (Å²) in [6.45, 7) is 0. The molecule has 0 spiro atoms. The summed E-state index contributed by atoms with van der Waals surface area (Å²) in [7, 11) is 0. The molecule has 5 heteroatoms. The highest BCUT2D eigenvalue weighted by molar-refractivity contribution is 9.10. The van der Waals surface area contributed by atoms with Crippen LogP contribution in [0.2, 0.25) is 5.02 Å². The molecule has 0 bridgehead atoms. The van der Waals surface area contributed by atoms with E-state index in [4.69, 9.17) is 22.4 Å². The molecule has 0 aromatic heterocycles. The number of hydrogen-bond donors (Lipinski definition) is 2. The smallest absolute Gasteiger partial charge is 0.320 e. The standard InChI is InChI=1S/C9H9BrClNO2/c10-6-1-5(2-7(11)4-6)3-8(12)9(13)14/h1-2,4,8H,3,12H2,(H,13,14)/t8-/m0/s1. The zero-order valence-corrected chi connectivity index (χ0v) is 9.55. The van der Waals surface area contributed by atoms with Crippen LogP contribution in [-0.2, 0) is 11.2 Å². The van der Waals surface area contributed by atoms with E-state index in [1.165, 1.54) is 0 Å². The van der Waals surface area contributed by atoms with Crippen LogP contribution < -0.4 is 5.73 Å². The lowest BCUT2D eigenvalue weighted by molar-refractivity contribution is -0.138. The third-order valence-corrected chi connectivity index (χ3v) is 2.37. The van der Waals surface area contributed by atoms with Gasteiger partial charge in [-0.1, -0.05) is 27.5 Å². The van der Waals surface area contributed by atoms with Crippen molar-refractivity contribution in [3.8, 4) is 0 Å². The van der Waals surface area contributed by atoms with Crippen molar-refractivity contribution >= 4 is 33.5 Å².